The molecule has 0 saturated heterocycles. The first kappa shape index (κ1) is 16.0. The quantitative estimate of drug-likeness (QED) is 0.774. The molecule has 128 valence electrons. The van der Waals surface area contributed by atoms with E-state index in [1.165, 1.54) is 29.9 Å². The number of hydrogen-bond donors (Lipinski definition) is 1. The third kappa shape index (κ3) is 3.47. The average molecular weight is 357 g/mol. The Kier molecular flexibility index (Phi) is 4.33. The second-order valence-electron chi connectivity index (χ2n) is 5.91. The van der Waals surface area contributed by atoms with Crippen molar-refractivity contribution < 1.29 is 13.6 Å². The Morgan fingerprint density at radius 1 is 1.36 bits per heavy atom. The fraction of sp³-hybridized carbons (Fsp3) is 0.222. The summed E-state index contributed by atoms with van der Waals surface area (Å²) in [5, 5.41) is 3.39. The van der Waals surface area contributed by atoms with Crippen LogP contribution in [0.1, 0.15) is 26.5 Å². The highest BCUT2D eigenvalue weighted by molar-refractivity contribution is 7.15. The van der Waals surface area contributed by atoms with Gasteiger partial charge in [-0.2, -0.15) is 0 Å². The molecule has 0 bridgehead atoms. The number of amides is 1. The maximum Gasteiger partial charge on any atom is 0.260 e. The highest BCUT2D eigenvalue weighted by atomic mass is 32.1. The lowest BCUT2D eigenvalue weighted by molar-refractivity contribution is 0.102. The van der Waals surface area contributed by atoms with Crippen LogP contribution < -0.4 is 5.32 Å². The number of aromatic nitrogens is 1. The Hall–Kier alpha value is -2.51. The minimum absolute atomic E-state index is 0.175. The van der Waals surface area contributed by atoms with Gasteiger partial charge in [-0.1, -0.05) is 18.2 Å². The molecule has 0 unspecified atom stereocenters. The maximum atomic E-state index is 13.8. The van der Waals surface area contributed by atoms with Crippen LogP contribution in [0.25, 0.3) is 0 Å². The number of carbonyl (C=O) groups is 1. The van der Waals surface area contributed by atoms with Gasteiger partial charge in [0.2, 0.25) is 0 Å². The molecule has 4 rings (SSSR count). The minimum Gasteiger partial charge on any atom is -0.472 e. The van der Waals surface area contributed by atoms with Crippen molar-refractivity contribution in [2.45, 2.75) is 19.5 Å². The van der Waals surface area contributed by atoms with E-state index in [1.54, 1.807) is 12.1 Å². The molecule has 7 heteroatoms. The van der Waals surface area contributed by atoms with Crippen molar-refractivity contribution in [2.75, 3.05) is 11.9 Å². The second kappa shape index (κ2) is 6.78. The van der Waals surface area contributed by atoms with Gasteiger partial charge in [-0.15, -0.1) is 11.3 Å². The number of anilines is 1. The predicted molar refractivity (Wildman–Crippen MR) is 93.0 cm³/mol. The standard InChI is InChI=1S/C18H16FN3O2S/c19-14-4-2-1-3-12(14)9-22-7-5-15-16(10-22)25-18(20-15)21-17(23)13-6-8-24-11-13/h1-4,6,8,11H,5,7,9-10H2,(H,20,21,23). The summed E-state index contributed by atoms with van der Waals surface area (Å²) in [6.07, 6.45) is 3.66. The Labute approximate surface area is 148 Å². The molecule has 0 radical (unpaired) electrons. The molecule has 0 saturated carbocycles. The van der Waals surface area contributed by atoms with Crippen molar-refractivity contribution in [2.24, 2.45) is 0 Å². The van der Waals surface area contributed by atoms with E-state index in [1.807, 2.05) is 12.1 Å². The Morgan fingerprint density at radius 3 is 3.04 bits per heavy atom. The molecule has 1 aliphatic heterocycles. The number of halogens is 1. The van der Waals surface area contributed by atoms with Gasteiger partial charge in [0, 0.05) is 36.5 Å². The Morgan fingerprint density at radius 2 is 2.24 bits per heavy atom. The smallest absolute Gasteiger partial charge is 0.260 e. The fourth-order valence-corrected chi connectivity index (χ4v) is 3.91. The summed E-state index contributed by atoms with van der Waals surface area (Å²) < 4.78 is 18.8. The predicted octanol–water partition coefficient (Wildman–Crippen LogP) is 3.69. The lowest BCUT2D eigenvalue weighted by atomic mass is 10.1. The molecule has 2 aromatic heterocycles. The number of fused-ring (bicyclic) bond motifs is 1. The van der Waals surface area contributed by atoms with Crippen LogP contribution in [0.15, 0.2) is 47.3 Å². The molecule has 1 N–H and O–H groups in total. The van der Waals surface area contributed by atoms with Crippen LogP contribution in [0.5, 0.6) is 0 Å². The van der Waals surface area contributed by atoms with Crippen molar-refractivity contribution in [1.82, 2.24) is 9.88 Å². The van der Waals surface area contributed by atoms with Crippen LogP contribution in [0.4, 0.5) is 9.52 Å². The zero-order valence-electron chi connectivity index (χ0n) is 13.4. The SMILES string of the molecule is O=C(Nc1nc2c(s1)CN(Cc1ccccc1F)CC2)c1ccoc1. The Bertz CT molecular complexity index is 892. The molecule has 0 spiro atoms. The zero-order chi connectivity index (χ0) is 17.2. The van der Waals surface area contributed by atoms with Gasteiger partial charge in [0.1, 0.15) is 12.1 Å². The zero-order valence-corrected chi connectivity index (χ0v) is 14.2. The van der Waals surface area contributed by atoms with Crippen LogP contribution >= 0.6 is 11.3 Å². The van der Waals surface area contributed by atoms with E-state index in [9.17, 15) is 9.18 Å². The number of thiazole rings is 1. The van der Waals surface area contributed by atoms with E-state index in [-0.39, 0.29) is 11.7 Å². The van der Waals surface area contributed by atoms with Crippen molar-refractivity contribution in [3.63, 3.8) is 0 Å². The molecular weight excluding hydrogens is 341 g/mol. The molecule has 0 aliphatic carbocycles. The molecule has 5 nitrogen and oxygen atoms in total. The fourth-order valence-electron chi connectivity index (χ4n) is 2.87. The molecule has 25 heavy (non-hydrogen) atoms. The lowest BCUT2D eigenvalue weighted by Crippen LogP contribution is -2.29. The molecule has 0 fully saturated rings. The molecule has 3 heterocycles. The molecule has 1 amide bonds. The van der Waals surface area contributed by atoms with Gasteiger partial charge in [0.25, 0.3) is 5.91 Å². The largest absolute Gasteiger partial charge is 0.472 e. The Balaban J connectivity index is 1.44. The summed E-state index contributed by atoms with van der Waals surface area (Å²) in [7, 11) is 0. The van der Waals surface area contributed by atoms with Crippen LogP contribution in [-0.2, 0) is 19.5 Å². The molecular formula is C18H16FN3O2S. The number of carbonyl (C=O) groups excluding carboxylic acids is 1. The van der Waals surface area contributed by atoms with E-state index in [0.29, 0.717) is 29.3 Å². The lowest BCUT2D eigenvalue weighted by Gasteiger charge is -2.25. The molecule has 1 aliphatic rings. The molecule has 0 atom stereocenters. The third-order valence-corrected chi connectivity index (χ3v) is 5.16. The van der Waals surface area contributed by atoms with Crippen LogP contribution in [0, 0.1) is 5.82 Å². The van der Waals surface area contributed by atoms with Crippen molar-refractivity contribution in [1.29, 1.82) is 0 Å². The first-order valence-corrected chi connectivity index (χ1v) is 8.78. The summed E-state index contributed by atoms with van der Waals surface area (Å²) >= 11 is 1.47. The van der Waals surface area contributed by atoms with Crippen molar-refractivity contribution >= 4 is 22.4 Å². The third-order valence-electron chi connectivity index (χ3n) is 4.17. The molecule has 3 aromatic rings. The van der Waals surface area contributed by atoms with Gasteiger partial charge in [-0.05, 0) is 12.1 Å². The van der Waals surface area contributed by atoms with E-state index in [4.69, 9.17) is 4.42 Å². The van der Waals surface area contributed by atoms with Gasteiger partial charge in [0.15, 0.2) is 5.13 Å². The summed E-state index contributed by atoms with van der Waals surface area (Å²) in [4.78, 5) is 19.9. The number of nitrogens with zero attached hydrogens (tertiary/aromatic N) is 2. The van der Waals surface area contributed by atoms with E-state index in [0.717, 1.165) is 23.5 Å². The number of furan rings is 1. The van der Waals surface area contributed by atoms with Gasteiger partial charge in [-0.25, -0.2) is 9.37 Å². The van der Waals surface area contributed by atoms with Crippen LogP contribution in [0.3, 0.4) is 0 Å². The van der Waals surface area contributed by atoms with Crippen LogP contribution in [0.2, 0.25) is 0 Å². The summed E-state index contributed by atoms with van der Waals surface area (Å²) in [6, 6.07) is 8.46. The normalized spacial score (nSPS) is 14.3. The summed E-state index contributed by atoms with van der Waals surface area (Å²) in [5.41, 5.74) is 2.18. The summed E-state index contributed by atoms with van der Waals surface area (Å²) in [5.74, 6) is -0.409. The average Bonchev–Trinajstić information content (AvgIpc) is 3.25. The van der Waals surface area contributed by atoms with Crippen molar-refractivity contribution in [3.05, 3.63) is 70.4 Å². The van der Waals surface area contributed by atoms with Gasteiger partial charge < -0.3 is 4.42 Å². The second-order valence-corrected chi connectivity index (χ2v) is 6.99. The number of nitrogens with one attached hydrogen (secondary N) is 1. The van der Waals surface area contributed by atoms with Gasteiger partial charge >= 0.3 is 0 Å². The van der Waals surface area contributed by atoms with Gasteiger partial charge in [0.05, 0.1) is 17.5 Å². The minimum atomic E-state index is -0.233. The topological polar surface area (TPSA) is 58.4 Å². The first-order chi connectivity index (χ1) is 12.2. The first-order valence-electron chi connectivity index (χ1n) is 7.97. The highest BCUT2D eigenvalue weighted by Gasteiger charge is 2.22. The molecule has 1 aromatic carbocycles. The number of rotatable bonds is 4. The van der Waals surface area contributed by atoms with E-state index in [2.05, 4.69) is 15.2 Å². The summed E-state index contributed by atoms with van der Waals surface area (Å²) in [6.45, 7) is 2.10. The van der Waals surface area contributed by atoms with E-state index >= 15 is 0 Å². The van der Waals surface area contributed by atoms with Gasteiger partial charge in [-0.3, -0.25) is 15.0 Å². The maximum absolute atomic E-state index is 13.8. The number of benzene rings is 1. The van der Waals surface area contributed by atoms with E-state index < -0.39 is 0 Å². The monoisotopic (exact) mass is 357 g/mol. The van der Waals surface area contributed by atoms with Crippen LogP contribution in [-0.4, -0.2) is 22.3 Å². The van der Waals surface area contributed by atoms with Crippen molar-refractivity contribution in [3.8, 4) is 0 Å². The highest BCUT2D eigenvalue weighted by Crippen LogP contribution is 2.29. The number of hydrogen-bond acceptors (Lipinski definition) is 5.